The smallest absolute Gasteiger partial charge is 0.326 e. The number of aromatic nitrogens is 4. The molecule has 0 aliphatic heterocycles. The van der Waals surface area contributed by atoms with E-state index in [4.69, 9.17) is 10.8 Å². The quantitative estimate of drug-likeness (QED) is 0.132. The number of H-pyrrole nitrogens is 2. The minimum absolute atomic E-state index is 0.0368. The number of aromatic amines is 2. The maximum atomic E-state index is 13.1. The fourth-order valence-electron chi connectivity index (χ4n) is 3.38. The molecule has 0 aromatic carbocycles. The molecule has 3 amide bonds. The van der Waals surface area contributed by atoms with Crippen LogP contribution >= 0.6 is 0 Å². The van der Waals surface area contributed by atoms with Gasteiger partial charge >= 0.3 is 11.9 Å². The number of carbonyl (C=O) groups excluding carboxylic acids is 3. The van der Waals surface area contributed by atoms with Crippen LogP contribution in [0.2, 0.25) is 0 Å². The van der Waals surface area contributed by atoms with Crippen molar-refractivity contribution in [2.75, 3.05) is 0 Å². The lowest BCUT2D eigenvalue weighted by atomic mass is 10.0. The van der Waals surface area contributed by atoms with Crippen molar-refractivity contribution >= 4 is 29.7 Å². The van der Waals surface area contributed by atoms with Crippen molar-refractivity contribution in [2.24, 2.45) is 11.7 Å². The number of carbonyl (C=O) groups is 5. The molecule has 9 N–H and O–H groups in total. The monoisotopic (exact) mass is 520 g/mol. The number of amides is 3. The number of hydrogen-bond acceptors (Lipinski definition) is 8. The first-order valence-electron chi connectivity index (χ1n) is 11.5. The van der Waals surface area contributed by atoms with E-state index in [9.17, 15) is 29.1 Å². The Hall–Kier alpha value is -4.27. The van der Waals surface area contributed by atoms with Gasteiger partial charge < -0.3 is 41.9 Å². The summed E-state index contributed by atoms with van der Waals surface area (Å²) in [5.41, 5.74) is 6.74. The number of carboxylic acid groups (broad SMARTS) is 2. The molecule has 0 aliphatic carbocycles. The predicted molar refractivity (Wildman–Crippen MR) is 128 cm³/mol. The fraction of sp³-hybridized carbons (Fsp3) is 0.500. The van der Waals surface area contributed by atoms with E-state index in [0.29, 0.717) is 11.4 Å². The molecule has 2 heterocycles. The van der Waals surface area contributed by atoms with Gasteiger partial charge in [-0.3, -0.25) is 19.2 Å². The standard InChI is InChI=1S/C22H32N8O7/c1-11(2)18(30-19(33)14(23)3-4-17(31)32)21(35)28-15(5-12-7-24-9-26-12)20(34)29-16(22(36)37)6-13-8-25-10-27-13/h7-11,14-16,18H,3-6,23H2,1-2H3,(H,24,26)(H,25,27)(H,28,35)(H,29,34)(H,30,33)(H,31,32)(H,36,37)/t14-,15-,16-,18-/m0/s1. The van der Waals surface area contributed by atoms with Gasteiger partial charge in [0.15, 0.2) is 0 Å². The Morgan fingerprint density at radius 2 is 1.41 bits per heavy atom. The molecule has 2 aromatic heterocycles. The topological polar surface area (TPSA) is 245 Å². The summed E-state index contributed by atoms with van der Waals surface area (Å²) in [4.78, 5) is 74.5. The largest absolute Gasteiger partial charge is 0.481 e. The van der Waals surface area contributed by atoms with Crippen LogP contribution in [-0.4, -0.2) is 84.0 Å². The molecule has 15 heteroatoms. The van der Waals surface area contributed by atoms with E-state index in [0.717, 1.165) is 0 Å². The van der Waals surface area contributed by atoms with Crippen molar-refractivity contribution in [3.8, 4) is 0 Å². The zero-order valence-corrected chi connectivity index (χ0v) is 20.4. The molecular weight excluding hydrogens is 488 g/mol. The molecule has 0 spiro atoms. The summed E-state index contributed by atoms with van der Waals surface area (Å²) in [6.45, 7) is 3.34. The number of imidazole rings is 2. The minimum Gasteiger partial charge on any atom is -0.481 e. The highest BCUT2D eigenvalue weighted by molar-refractivity contribution is 5.94. The highest BCUT2D eigenvalue weighted by Gasteiger charge is 2.32. The van der Waals surface area contributed by atoms with E-state index in [1.807, 2.05) is 0 Å². The van der Waals surface area contributed by atoms with E-state index in [-0.39, 0.29) is 25.7 Å². The first kappa shape index (κ1) is 29.0. The molecule has 2 aromatic rings. The molecule has 0 saturated heterocycles. The molecule has 0 saturated carbocycles. The Morgan fingerprint density at radius 1 is 0.865 bits per heavy atom. The predicted octanol–water partition coefficient (Wildman–Crippen LogP) is -1.69. The van der Waals surface area contributed by atoms with Crippen LogP contribution in [0, 0.1) is 5.92 Å². The van der Waals surface area contributed by atoms with Gasteiger partial charge in [-0.05, 0) is 12.3 Å². The van der Waals surface area contributed by atoms with Crippen LogP contribution in [0.1, 0.15) is 38.1 Å². The first-order chi connectivity index (χ1) is 17.5. The molecule has 4 atom stereocenters. The summed E-state index contributed by atoms with van der Waals surface area (Å²) in [7, 11) is 0. The number of rotatable bonds is 15. The third kappa shape index (κ3) is 9.36. The van der Waals surface area contributed by atoms with Gasteiger partial charge in [-0.1, -0.05) is 13.8 Å². The average molecular weight is 521 g/mol. The molecule has 2 rings (SSSR count). The Labute approximate surface area is 212 Å². The highest BCUT2D eigenvalue weighted by atomic mass is 16.4. The zero-order valence-electron chi connectivity index (χ0n) is 20.4. The van der Waals surface area contributed by atoms with Gasteiger partial charge in [-0.2, -0.15) is 0 Å². The van der Waals surface area contributed by atoms with Gasteiger partial charge in [-0.15, -0.1) is 0 Å². The Balaban J connectivity index is 2.15. The van der Waals surface area contributed by atoms with Crippen molar-refractivity contribution < 1.29 is 34.2 Å². The molecule has 0 unspecified atom stereocenters. The second kappa shape index (κ2) is 13.7. The molecule has 15 nitrogen and oxygen atoms in total. The minimum atomic E-state index is -1.30. The zero-order chi connectivity index (χ0) is 27.5. The number of nitrogens with two attached hydrogens (primary N) is 1. The van der Waals surface area contributed by atoms with E-state index in [1.54, 1.807) is 13.8 Å². The van der Waals surface area contributed by atoms with Crippen LogP contribution in [0.4, 0.5) is 0 Å². The summed E-state index contributed by atoms with van der Waals surface area (Å²) < 4.78 is 0. The van der Waals surface area contributed by atoms with Crippen LogP contribution in [0.25, 0.3) is 0 Å². The lowest BCUT2D eigenvalue weighted by Gasteiger charge is -2.26. The summed E-state index contributed by atoms with van der Waals surface area (Å²) in [6, 6.07) is -4.76. The third-order valence-corrected chi connectivity index (χ3v) is 5.46. The van der Waals surface area contributed by atoms with Crippen LogP contribution in [0.5, 0.6) is 0 Å². The van der Waals surface area contributed by atoms with Gasteiger partial charge in [0.25, 0.3) is 0 Å². The van der Waals surface area contributed by atoms with Crippen LogP contribution in [0.3, 0.4) is 0 Å². The van der Waals surface area contributed by atoms with Crippen molar-refractivity contribution in [2.45, 2.75) is 63.7 Å². The van der Waals surface area contributed by atoms with Crippen molar-refractivity contribution in [3.05, 3.63) is 36.4 Å². The highest BCUT2D eigenvalue weighted by Crippen LogP contribution is 2.07. The number of aliphatic carboxylic acids is 2. The molecule has 0 radical (unpaired) electrons. The van der Waals surface area contributed by atoms with Gasteiger partial charge in [0.1, 0.15) is 18.1 Å². The Bertz CT molecular complexity index is 1060. The van der Waals surface area contributed by atoms with E-state index >= 15 is 0 Å². The second-order valence-electron chi connectivity index (χ2n) is 8.79. The van der Waals surface area contributed by atoms with E-state index in [1.165, 1.54) is 25.0 Å². The third-order valence-electron chi connectivity index (χ3n) is 5.46. The van der Waals surface area contributed by atoms with Crippen LogP contribution in [0.15, 0.2) is 25.0 Å². The number of hydrogen-bond donors (Lipinski definition) is 8. The van der Waals surface area contributed by atoms with Gasteiger partial charge in [0.05, 0.1) is 18.7 Å². The Morgan fingerprint density at radius 3 is 1.86 bits per heavy atom. The fourth-order valence-corrected chi connectivity index (χ4v) is 3.38. The maximum absolute atomic E-state index is 13.1. The van der Waals surface area contributed by atoms with E-state index < -0.39 is 59.7 Å². The lowest BCUT2D eigenvalue weighted by molar-refractivity contribution is -0.142. The van der Waals surface area contributed by atoms with Gasteiger partial charge in [0, 0.05) is 43.0 Å². The maximum Gasteiger partial charge on any atom is 0.326 e. The normalized spacial score (nSPS) is 14.3. The van der Waals surface area contributed by atoms with Crippen molar-refractivity contribution in [1.29, 1.82) is 0 Å². The number of nitrogens with one attached hydrogen (secondary N) is 5. The molecular formula is C22H32N8O7. The van der Waals surface area contributed by atoms with Crippen LogP contribution < -0.4 is 21.7 Å². The summed E-state index contributed by atoms with van der Waals surface area (Å²) in [6.07, 6.45) is 5.12. The second-order valence-corrected chi connectivity index (χ2v) is 8.79. The molecule has 37 heavy (non-hydrogen) atoms. The first-order valence-corrected chi connectivity index (χ1v) is 11.5. The molecule has 0 bridgehead atoms. The van der Waals surface area contributed by atoms with Crippen molar-refractivity contribution in [3.63, 3.8) is 0 Å². The van der Waals surface area contributed by atoms with Gasteiger partial charge in [0.2, 0.25) is 17.7 Å². The molecule has 0 fully saturated rings. The summed E-state index contributed by atoms with van der Waals surface area (Å²) in [5.74, 6) is -4.98. The molecule has 202 valence electrons. The number of carboxylic acids is 2. The van der Waals surface area contributed by atoms with Crippen LogP contribution in [-0.2, 0) is 36.8 Å². The van der Waals surface area contributed by atoms with E-state index in [2.05, 4.69) is 35.9 Å². The summed E-state index contributed by atoms with van der Waals surface area (Å²) >= 11 is 0. The average Bonchev–Trinajstić information content (AvgIpc) is 3.53. The van der Waals surface area contributed by atoms with Crippen molar-refractivity contribution in [1.82, 2.24) is 35.9 Å². The lowest BCUT2D eigenvalue weighted by Crippen LogP contribution is -2.59. The summed E-state index contributed by atoms with van der Waals surface area (Å²) in [5, 5.41) is 25.9. The Kier molecular flexibility index (Phi) is 10.7. The molecule has 0 aliphatic rings. The van der Waals surface area contributed by atoms with Gasteiger partial charge in [-0.25, -0.2) is 14.8 Å². The SMILES string of the molecule is CC(C)[C@H](NC(=O)[C@@H](N)CCC(=O)O)C(=O)N[C@@H](Cc1cnc[nH]1)C(=O)N[C@@H](Cc1cnc[nH]1)C(=O)O. The number of nitrogens with zero attached hydrogens (tertiary/aromatic N) is 2.